The molecule has 1 aliphatic carbocycles. The molecule has 0 spiro atoms. The van der Waals surface area contributed by atoms with Gasteiger partial charge in [0.1, 0.15) is 117 Å². The van der Waals surface area contributed by atoms with Crippen LogP contribution in [-0.2, 0) is 12.8 Å². The summed E-state index contributed by atoms with van der Waals surface area (Å²) < 4.78 is 56.3. The Hall–Kier alpha value is -12.7. The third-order valence-corrected chi connectivity index (χ3v) is 24.4. The molecule has 35 nitrogen and oxygen atoms in total. The van der Waals surface area contributed by atoms with Crippen LogP contribution < -0.4 is 52.4 Å². The molecule has 150 heavy (non-hydrogen) atoms. The maximum Gasteiger partial charge on any atom is 0.197 e. The van der Waals surface area contributed by atoms with Gasteiger partial charge in [0, 0.05) is 59.4 Å². The highest BCUT2D eigenvalue weighted by Crippen LogP contribution is 2.42. The van der Waals surface area contributed by atoms with Gasteiger partial charge < -0.3 is 151 Å². The van der Waals surface area contributed by atoms with Crippen LogP contribution in [0.2, 0.25) is 0 Å². The number of halogens is 3. The predicted octanol–water partition coefficient (Wildman–Crippen LogP) is 16.3. The summed E-state index contributed by atoms with van der Waals surface area (Å²) in [6.07, 6.45) is 8.84. The van der Waals surface area contributed by atoms with Crippen molar-refractivity contribution in [3.63, 3.8) is 0 Å². The van der Waals surface area contributed by atoms with E-state index in [2.05, 4.69) is 31.8 Å². The summed E-state index contributed by atoms with van der Waals surface area (Å²) in [5.41, 5.74) is 34.9. The van der Waals surface area contributed by atoms with Crippen LogP contribution in [0.5, 0.6) is 57.5 Å². The van der Waals surface area contributed by atoms with Gasteiger partial charge in [-0.3, -0.25) is 0 Å². The summed E-state index contributed by atoms with van der Waals surface area (Å²) in [5.74, 6) is 10.7. The number of aliphatic hydroxyl groups excluding tert-OH is 15. The van der Waals surface area contributed by atoms with E-state index in [1.165, 1.54) is 0 Å². The summed E-state index contributed by atoms with van der Waals surface area (Å²) in [6, 6.07) is 72.5. The second-order valence-corrected chi connectivity index (χ2v) is 37.1. The quantitative estimate of drug-likeness (QED) is 0.0168. The molecule has 38 heteroatoms. The number of benzene rings is 10. The number of oxazole rings is 5. The van der Waals surface area contributed by atoms with Crippen molar-refractivity contribution in [2.24, 2.45) is 28.7 Å². The summed E-state index contributed by atoms with van der Waals surface area (Å²) in [5, 5.41) is 144. The van der Waals surface area contributed by atoms with Crippen LogP contribution >= 0.6 is 37.2 Å². The van der Waals surface area contributed by atoms with Gasteiger partial charge in [-0.25, -0.2) is 24.9 Å². The zero-order chi connectivity index (χ0) is 105. The van der Waals surface area contributed by atoms with Crippen LogP contribution in [0.3, 0.4) is 0 Å². The Morgan fingerprint density at radius 1 is 0.287 bits per heavy atom. The molecule has 16 rings (SSSR count). The van der Waals surface area contributed by atoms with Crippen molar-refractivity contribution in [2.45, 2.75) is 169 Å². The number of hydrogen-bond donors (Lipinski definition) is 20. The van der Waals surface area contributed by atoms with Gasteiger partial charge in [0.15, 0.2) is 29.5 Å². The Balaban J connectivity index is 0.000000207. The number of aryl methyl sites for hydroxylation is 3. The largest absolute Gasteiger partial charge is 0.457 e. The third kappa shape index (κ3) is 35.2. The zero-order valence-corrected chi connectivity index (χ0v) is 86.3. The Bertz CT molecular complexity index is 6270. The number of rotatable bonds is 45. The van der Waals surface area contributed by atoms with E-state index < -0.39 is 124 Å². The minimum Gasteiger partial charge on any atom is -0.457 e. The van der Waals surface area contributed by atoms with Crippen molar-refractivity contribution in [3.05, 3.63) is 331 Å². The lowest BCUT2D eigenvalue weighted by Gasteiger charge is -2.27. The first kappa shape index (κ1) is 121. The van der Waals surface area contributed by atoms with Gasteiger partial charge in [-0.15, -0.1) is 37.2 Å². The molecule has 1 fully saturated rings. The summed E-state index contributed by atoms with van der Waals surface area (Å²) in [6.45, 7) is 5.82. The molecule has 5 aromatic heterocycles. The standard InChI is InChI=1S/C23H26N2O5.2C23H28N2O5.C22H26N2O5.C21H24N2O5.3ClH/c24-23(13-26,14-27)11-21(28)16-5-9-19(10-6-16)30-18-7-3-15(4-8-18)20-12-29-22(25-20)17-1-2-17;1-15(2)22-25-20(12-29-22)16-3-7-18(8-4-16)30-19-9-5-17(6-10-19)21(28)11-23(24,13-26)14-27;1-2-3-22-25-20(13-29-22)16-4-8-18(9-5-16)30-19-10-6-17(7-11-19)21(28)12-23(24,14-26)15-27;1-2-21-24-19(12-28-21)15-3-7-17(8-4-15)29-18-9-5-16(6-10-18)20(27)11-22(23,13-25)14-26;1-14-23-19(11-27-14)15-2-6-17(7-3-15)28-18-8-4-16(5-9-18)20(26)10-21(22,12-24)13-25;;;/h3-10,12,17,21,26-28H,1-2,11,13-14,24H2;3-10,12,15,21,26-28H,11,13-14,24H2,1-2H3;4-11,13,21,26-28H,2-3,12,14-15,24H2,1H3;3-10,12,20,25-27H,2,11,13-14,23H2,1H3;2-9,11,20,24-26H,10,12-13,22H2,1H3;3*1H. The molecule has 1 saturated carbocycles. The Labute approximate surface area is 887 Å². The number of aromatic nitrogens is 5. The number of nitrogens with zero attached hydrogens (tertiary/aromatic N) is 5. The summed E-state index contributed by atoms with van der Waals surface area (Å²) >= 11 is 0. The summed E-state index contributed by atoms with van der Waals surface area (Å²) in [7, 11) is 0. The normalized spacial score (nSPS) is 13.0. The Morgan fingerprint density at radius 3 is 0.713 bits per heavy atom. The van der Waals surface area contributed by atoms with Gasteiger partial charge in [-0.2, -0.15) is 0 Å². The smallest absolute Gasteiger partial charge is 0.197 e. The maximum absolute atomic E-state index is 10.3. The molecule has 0 aliphatic heterocycles. The summed E-state index contributed by atoms with van der Waals surface area (Å²) in [4.78, 5) is 22.2. The van der Waals surface area contributed by atoms with Crippen LogP contribution in [0, 0.1) is 6.92 Å². The average Bonchev–Trinajstić information content (AvgIpc) is 1.76. The molecule has 0 saturated heterocycles. The van der Waals surface area contributed by atoms with Gasteiger partial charge in [-0.1, -0.05) is 88.4 Å². The van der Waals surface area contributed by atoms with Gasteiger partial charge in [-0.05, 0) is 261 Å². The molecule has 0 amide bonds. The van der Waals surface area contributed by atoms with E-state index >= 15 is 0 Å². The molecular weight excluding hydrogens is 1990 g/mol. The molecule has 5 atom stereocenters. The first-order valence-electron chi connectivity index (χ1n) is 48.2. The molecule has 15 aromatic rings. The monoisotopic (exact) mass is 2120 g/mol. The predicted molar refractivity (Wildman–Crippen MR) is 572 cm³/mol. The number of hydrogen-bond acceptors (Lipinski definition) is 35. The lowest BCUT2D eigenvalue weighted by atomic mass is 9.92. The van der Waals surface area contributed by atoms with Crippen molar-refractivity contribution in [3.8, 4) is 114 Å². The van der Waals surface area contributed by atoms with E-state index in [9.17, 15) is 76.6 Å². The molecule has 10 aromatic carbocycles. The van der Waals surface area contributed by atoms with Crippen molar-refractivity contribution < 1.29 is 122 Å². The molecule has 804 valence electrons. The second-order valence-electron chi connectivity index (χ2n) is 37.1. The van der Waals surface area contributed by atoms with Crippen molar-refractivity contribution in [1.82, 2.24) is 24.9 Å². The lowest BCUT2D eigenvalue weighted by Crippen LogP contribution is -2.48. The molecular formula is C112H135Cl3N10O25. The molecule has 0 bridgehead atoms. The average molecular weight is 2130 g/mol. The van der Waals surface area contributed by atoms with Crippen LogP contribution in [0.1, 0.15) is 179 Å². The van der Waals surface area contributed by atoms with Crippen LogP contribution in [0.25, 0.3) is 56.3 Å². The number of ether oxygens (including phenoxy) is 5. The van der Waals surface area contributed by atoms with Gasteiger partial charge in [0.25, 0.3) is 0 Å². The van der Waals surface area contributed by atoms with Crippen molar-refractivity contribution >= 4 is 37.2 Å². The van der Waals surface area contributed by atoms with Gasteiger partial charge in [0.05, 0.1) is 124 Å². The van der Waals surface area contributed by atoms with Crippen molar-refractivity contribution in [2.75, 3.05) is 66.1 Å². The number of nitrogens with two attached hydrogens (primary N) is 5. The maximum atomic E-state index is 10.3. The molecule has 25 N–H and O–H groups in total. The minimum atomic E-state index is -1.23. The fraction of sp³-hybridized carbons (Fsp3) is 0.330. The highest BCUT2D eigenvalue weighted by Gasteiger charge is 2.34. The fourth-order valence-electron chi connectivity index (χ4n) is 14.8. The van der Waals surface area contributed by atoms with Gasteiger partial charge >= 0.3 is 0 Å². The van der Waals surface area contributed by atoms with E-state index in [0.717, 1.165) is 100 Å². The first-order chi connectivity index (χ1) is 70.7. The van der Waals surface area contributed by atoms with Crippen LogP contribution in [0.4, 0.5) is 0 Å². The Kier molecular flexibility index (Phi) is 46.3. The van der Waals surface area contributed by atoms with Crippen molar-refractivity contribution in [1.29, 1.82) is 0 Å². The molecule has 1 aliphatic rings. The highest BCUT2D eigenvalue weighted by atomic mass is 35.5. The fourth-order valence-corrected chi connectivity index (χ4v) is 14.8. The minimum absolute atomic E-state index is 0. The van der Waals surface area contributed by atoms with E-state index in [4.69, 9.17) is 74.4 Å². The zero-order valence-electron chi connectivity index (χ0n) is 83.8. The van der Waals surface area contributed by atoms with Crippen LogP contribution in [-0.4, -0.2) is 195 Å². The highest BCUT2D eigenvalue weighted by molar-refractivity contribution is 5.86. The second kappa shape index (κ2) is 57.5. The third-order valence-electron chi connectivity index (χ3n) is 24.4. The van der Waals surface area contributed by atoms with Crippen LogP contribution in [0.15, 0.2) is 296 Å². The van der Waals surface area contributed by atoms with E-state index in [1.807, 2.05) is 142 Å². The van der Waals surface area contributed by atoms with E-state index in [-0.39, 0.29) is 75.2 Å². The topological polar surface area (TPSA) is 610 Å². The number of aliphatic hydroxyl groups is 15. The lowest BCUT2D eigenvalue weighted by molar-refractivity contribution is 0.0618. The van der Waals surface area contributed by atoms with E-state index in [1.54, 1.807) is 160 Å². The molecule has 0 radical (unpaired) electrons. The Morgan fingerprint density at radius 2 is 0.500 bits per heavy atom. The van der Waals surface area contributed by atoms with Gasteiger partial charge in [0.2, 0.25) is 0 Å². The van der Waals surface area contributed by atoms with E-state index in [0.29, 0.717) is 109 Å². The molecule has 5 unspecified atom stereocenters. The SMILES string of the molecule is CC(C)c1nc(-c2ccc(Oc3ccc(C(O)CC(N)(CO)CO)cc3)cc2)co1.CCCc1nc(-c2ccc(Oc3ccc(C(O)CC(N)(CO)CO)cc3)cc2)co1.CCc1nc(-c2ccc(Oc3ccc(C(O)CC(N)(CO)CO)cc3)cc2)co1.Cc1nc(-c2ccc(Oc3ccc(C(O)CC(N)(CO)CO)cc3)cc2)co1.Cl.Cl.Cl.NC(CO)(CO)CC(O)c1ccc(Oc2ccc(-c3coc(C4CC4)n3)cc2)cc1. The molecule has 5 heterocycles. The first-order valence-corrected chi connectivity index (χ1v) is 48.2.